The minimum atomic E-state index is -0.000933. The molecule has 8 nitrogen and oxygen atoms in total. The molecular weight excluding hydrogens is 428 g/mol. The molecule has 3 heterocycles. The van der Waals surface area contributed by atoms with Crippen molar-refractivity contribution in [1.82, 2.24) is 30.1 Å². The van der Waals surface area contributed by atoms with Gasteiger partial charge in [0.1, 0.15) is 0 Å². The quantitative estimate of drug-likeness (QED) is 0.508. The van der Waals surface area contributed by atoms with Gasteiger partial charge in [0.25, 0.3) is 5.56 Å². The van der Waals surface area contributed by atoms with E-state index in [-0.39, 0.29) is 17.7 Å². The number of benzene rings is 1. The third kappa shape index (κ3) is 4.79. The van der Waals surface area contributed by atoms with Crippen molar-refractivity contribution < 1.29 is 4.74 Å². The van der Waals surface area contributed by atoms with Crippen LogP contribution in [0.15, 0.2) is 29.1 Å². The number of fused-ring (bicyclic) bond motifs is 1. The number of aromatic amines is 1. The van der Waals surface area contributed by atoms with Crippen molar-refractivity contribution >= 4 is 10.9 Å². The monoisotopic (exact) mass is 464 g/mol. The van der Waals surface area contributed by atoms with Crippen molar-refractivity contribution in [3.63, 3.8) is 0 Å². The van der Waals surface area contributed by atoms with E-state index in [0.717, 1.165) is 73.0 Å². The van der Waals surface area contributed by atoms with E-state index in [1.54, 1.807) is 0 Å². The average molecular weight is 465 g/mol. The van der Waals surface area contributed by atoms with Crippen LogP contribution in [0.25, 0.3) is 10.9 Å². The van der Waals surface area contributed by atoms with Crippen molar-refractivity contribution in [2.75, 3.05) is 6.61 Å². The maximum absolute atomic E-state index is 13.2. The number of nitrogens with one attached hydrogen (secondary N) is 1. The van der Waals surface area contributed by atoms with Gasteiger partial charge in [-0.25, -0.2) is 4.68 Å². The van der Waals surface area contributed by atoms with Gasteiger partial charge in [-0.05, 0) is 66.5 Å². The number of nitrogens with zero attached hydrogens (tertiary/aromatic N) is 5. The number of rotatable bonds is 9. The number of pyridine rings is 1. The van der Waals surface area contributed by atoms with Gasteiger partial charge in [-0.3, -0.25) is 9.69 Å². The lowest BCUT2D eigenvalue weighted by atomic mass is 10.0. The minimum Gasteiger partial charge on any atom is -0.376 e. The van der Waals surface area contributed by atoms with Crippen LogP contribution in [0.4, 0.5) is 0 Å². The molecule has 2 fully saturated rings. The van der Waals surface area contributed by atoms with Crippen LogP contribution < -0.4 is 5.56 Å². The molecular formula is C26H36N6O2. The molecule has 0 spiro atoms. The van der Waals surface area contributed by atoms with Crippen LogP contribution in [0.1, 0.15) is 81.3 Å². The van der Waals surface area contributed by atoms with E-state index < -0.39 is 0 Å². The first-order chi connectivity index (χ1) is 16.6. The van der Waals surface area contributed by atoms with Gasteiger partial charge in [-0.1, -0.05) is 44.4 Å². The van der Waals surface area contributed by atoms with E-state index in [9.17, 15) is 4.79 Å². The largest absolute Gasteiger partial charge is 0.376 e. The van der Waals surface area contributed by atoms with Crippen molar-refractivity contribution in [3.05, 3.63) is 51.6 Å². The van der Waals surface area contributed by atoms with Gasteiger partial charge in [0.15, 0.2) is 5.82 Å². The molecule has 3 aromatic rings. The summed E-state index contributed by atoms with van der Waals surface area (Å²) in [4.78, 5) is 18.8. The zero-order valence-corrected chi connectivity index (χ0v) is 20.4. The van der Waals surface area contributed by atoms with Gasteiger partial charge in [0, 0.05) is 24.8 Å². The zero-order chi connectivity index (χ0) is 23.5. The molecule has 1 aliphatic carbocycles. The fourth-order valence-electron chi connectivity index (χ4n) is 5.75. The molecule has 0 bridgehead atoms. The fourth-order valence-corrected chi connectivity index (χ4v) is 5.75. The first-order valence-corrected chi connectivity index (χ1v) is 12.9. The standard InChI is InChI=1S/C26H36N6O2/c1-3-8-23(25-28-29-30-32(25)17-22-13-7-14-34-22)31(21-11-4-5-12-21)16-20-15-19-10-6-9-18(2)24(19)27-26(20)33/h6,9-10,15,21-23H,3-5,7-8,11-14,16-17H2,1-2H3,(H,27,33)/t22-,23-/m0/s1. The summed E-state index contributed by atoms with van der Waals surface area (Å²) < 4.78 is 7.82. The SMILES string of the molecule is CCC[C@@H](c1nnnn1C[C@@H]1CCCO1)N(Cc1cc2cccc(C)c2[nH]c1=O)C1CCCC1. The van der Waals surface area contributed by atoms with Crippen LogP contribution in [0, 0.1) is 6.92 Å². The summed E-state index contributed by atoms with van der Waals surface area (Å²) in [5.41, 5.74) is 2.82. The zero-order valence-electron chi connectivity index (χ0n) is 20.4. The van der Waals surface area contributed by atoms with Crippen LogP contribution in [0.5, 0.6) is 0 Å². The third-order valence-corrected chi connectivity index (χ3v) is 7.53. The van der Waals surface area contributed by atoms with Gasteiger partial charge in [0.2, 0.25) is 0 Å². The summed E-state index contributed by atoms with van der Waals surface area (Å²) in [6.07, 6.45) is 9.06. The van der Waals surface area contributed by atoms with Crippen LogP contribution in [0.2, 0.25) is 0 Å². The summed E-state index contributed by atoms with van der Waals surface area (Å²) in [6, 6.07) is 8.73. The molecule has 1 aliphatic heterocycles. The number of aryl methyl sites for hydroxylation is 1. The molecule has 2 aromatic heterocycles. The Morgan fingerprint density at radius 3 is 2.85 bits per heavy atom. The maximum Gasteiger partial charge on any atom is 0.252 e. The smallest absolute Gasteiger partial charge is 0.252 e. The molecule has 0 radical (unpaired) electrons. The van der Waals surface area contributed by atoms with Gasteiger partial charge >= 0.3 is 0 Å². The second-order valence-electron chi connectivity index (χ2n) is 9.93. The normalized spacial score (nSPS) is 20.0. The van der Waals surface area contributed by atoms with Crippen LogP contribution >= 0.6 is 0 Å². The summed E-state index contributed by atoms with van der Waals surface area (Å²) in [6.45, 7) is 6.35. The van der Waals surface area contributed by atoms with Crippen LogP contribution in [-0.4, -0.2) is 48.8 Å². The molecule has 182 valence electrons. The summed E-state index contributed by atoms with van der Waals surface area (Å²) >= 11 is 0. The number of aromatic nitrogens is 5. The van der Waals surface area contributed by atoms with Gasteiger partial charge in [0.05, 0.1) is 24.2 Å². The van der Waals surface area contributed by atoms with Crippen molar-refractivity contribution in [2.24, 2.45) is 0 Å². The highest BCUT2D eigenvalue weighted by Crippen LogP contribution is 2.34. The fraction of sp³-hybridized carbons (Fsp3) is 0.615. The van der Waals surface area contributed by atoms with E-state index in [0.29, 0.717) is 19.1 Å². The van der Waals surface area contributed by atoms with E-state index in [1.165, 1.54) is 12.8 Å². The molecule has 8 heteroatoms. The highest BCUT2D eigenvalue weighted by molar-refractivity contribution is 5.81. The molecule has 1 saturated heterocycles. The number of hydrogen-bond acceptors (Lipinski definition) is 6. The molecule has 1 N–H and O–H groups in total. The topological polar surface area (TPSA) is 88.9 Å². The molecule has 5 rings (SSSR count). The van der Waals surface area contributed by atoms with E-state index in [2.05, 4.69) is 44.5 Å². The first-order valence-electron chi connectivity index (χ1n) is 12.9. The number of para-hydroxylation sites is 1. The summed E-state index contributed by atoms with van der Waals surface area (Å²) in [5.74, 6) is 0.900. The minimum absolute atomic E-state index is 0.000933. The first kappa shape index (κ1) is 23.2. The molecule has 0 unspecified atom stereocenters. The number of tetrazole rings is 1. The van der Waals surface area contributed by atoms with Crippen LogP contribution in [-0.2, 0) is 17.8 Å². The Kier molecular flexibility index (Phi) is 7.06. The summed E-state index contributed by atoms with van der Waals surface area (Å²) in [5, 5.41) is 14.0. The Bertz CT molecular complexity index is 1160. The molecule has 1 saturated carbocycles. The van der Waals surface area contributed by atoms with E-state index in [4.69, 9.17) is 4.74 Å². The third-order valence-electron chi connectivity index (χ3n) is 7.53. The van der Waals surface area contributed by atoms with E-state index in [1.807, 2.05) is 23.7 Å². The average Bonchev–Trinajstić information content (AvgIpc) is 3.61. The number of H-pyrrole nitrogens is 1. The Labute approximate surface area is 200 Å². The Morgan fingerprint density at radius 2 is 2.09 bits per heavy atom. The molecule has 1 aromatic carbocycles. The number of hydrogen-bond donors (Lipinski definition) is 1. The maximum atomic E-state index is 13.2. The highest BCUT2D eigenvalue weighted by Gasteiger charge is 2.33. The number of ether oxygens (including phenoxy) is 1. The second-order valence-corrected chi connectivity index (χ2v) is 9.93. The van der Waals surface area contributed by atoms with Gasteiger partial charge in [-0.2, -0.15) is 0 Å². The molecule has 0 amide bonds. The molecule has 2 aliphatic rings. The Balaban J connectivity index is 1.50. The lowest BCUT2D eigenvalue weighted by Crippen LogP contribution is -2.39. The van der Waals surface area contributed by atoms with Crippen LogP contribution in [0.3, 0.4) is 0 Å². The molecule has 34 heavy (non-hydrogen) atoms. The summed E-state index contributed by atoms with van der Waals surface area (Å²) in [7, 11) is 0. The van der Waals surface area contributed by atoms with E-state index >= 15 is 0 Å². The molecule has 2 atom stereocenters. The van der Waals surface area contributed by atoms with Gasteiger partial charge in [-0.15, -0.1) is 5.10 Å². The second kappa shape index (κ2) is 10.4. The van der Waals surface area contributed by atoms with Crippen molar-refractivity contribution in [3.8, 4) is 0 Å². The Morgan fingerprint density at radius 1 is 1.24 bits per heavy atom. The van der Waals surface area contributed by atoms with Crippen molar-refractivity contribution in [1.29, 1.82) is 0 Å². The predicted octanol–water partition coefficient (Wildman–Crippen LogP) is 4.29. The Hall–Kier alpha value is -2.58. The van der Waals surface area contributed by atoms with Crippen molar-refractivity contribution in [2.45, 2.75) is 96.5 Å². The lowest BCUT2D eigenvalue weighted by molar-refractivity contribution is 0.0828. The highest BCUT2D eigenvalue weighted by atomic mass is 16.5. The van der Waals surface area contributed by atoms with Gasteiger partial charge < -0.3 is 9.72 Å². The predicted molar refractivity (Wildman–Crippen MR) is 132 cm³/mol. The lowest BCUT2D eigenvalue weighted by Gasteiger charge is -2.36.